The van der Waals surface area contributed by atoms with Gasteiger partial charge < -0.3 is 19.6 Å². The number of ether oxygens (including phenoxy) is 1. The van der Waals surface area contributed by atoms with Crippen LogP contribution in [0.1, 0.15) is 17.2 Å². The van der Waals surface area contributed by atoms with E-state index >= 15 is 0 Å². The summed E-state index contributed by atoms with van der Waals surface area (Å²) < 4.78 is 18.6. The molecule has 7 heteroatoms. The molecule has 1 amide bonds. The number of ketones is 1. The van der Waals surface area contributed by atoms with Crippen molar-refractivity contribution in [3.8, 4) is 5.75 Å². The zero-order valence-corrected chi connectivity index (χ0v) is 16.6. The Hall–Kier alpha value is -3.19. The highest BCUT2D eigenvalue weighted by atomic mass is 19.1. The molecule has 29 heavy (non-hydrogen) atoms. The molecule has 1 aliphatic rings. The van der Waals surface area contributed by atoms with Crippen LogP contribution >= 0.6 is 0 Å². The number of aliphatic hydroxyl groups excluding tert-OH is 1. The van der Waals surface area contributed by atoms with Crippen molar-refractivity contribution in [1.82, 2.24) is 9.80 Å². The first-order chi connectivity index (χ1) is 13.8. The number of methoxy groups -OCH3 is 1. The Morgan fingerprint density at radius 2 is 1.72 bits per heavy atom. The van der Waals surface area contributed by atoms with Gasteiger partial charge in [-0.1, -0.05) is 12.1 Å². The lowest BCUT2D eigenvalue weighted by molar-refractivity contribution is -0.140. The standard InChI is InChI=1S/C22H23FN2O4/c1-24(2)12-13-25-19(14-4-8-16(23)9-5-14)18(21(27)22(25)28)20(26)15-6-10-17(29-3)11-7-15/h4-11,19,26H,12-13H2,1-3H3/b20-18-. The Morgan fingerprint density at radius 1 is 1.10 bits per heavy atom. The number of rotatable bonds is 6. The van der Waals surface area contributed by atoms with E-state index in [9.17, 15) is 19.1 Å². The average molecular weight is 398 g/mol. The molecule has 2 aromatic carbocycles. The van der Waals surface area contributed by atoms with Crippen molar-refractivity contribution in [2.45, 2.75) is 6.04 Å². The minimum atomic E-state index is -0.794. The predicted octanol–water partition coefficient (Wildman–Crippen LogP) is 2.82. The number of halogens is 1. The van der Waals surface area contributed by atoms with Gasteiger partial charge in [0.2, 0.25) is 0 Å². The number of nitrogens with zero attached hydrogens (tertiary/aromatic N) is 2. The molecule has 1 N–H and O–H groups in total. The van der Waals surface area contributed by atoms with Crippen molar-refractivity contribution < 1.29 is 23.8 Å². The van der Waals surface area contributed by atoms with Crippen molar-refractivity contribution in [3.63, 3.8) is 0 Å². The predicted molar refractivity (Wildman–Crippen MR) is 107 cm³/mol. The lowest BCUT2D eigenvalue weighted by atomic mass is 9.95. The van der Waals surface area contributed by atoms with Crippen molar-refractivity contribution in [1.29, 1.82) is 0 Å². The molecule has 6 nitrogen and oxygen atoms in total. The summed E-state index contributed by atoms with van der Waals surface area (Å²) >= 11 is 0. The number of aliphatic hydroxyl groups is 1. The summed E-state index contributed by atoms with van der Waals surface area (Å²) in [5, 5.41) is 10.9. The number of hydrogen-bond acceptors (Lipinski definition) is 5. The van der Waals surface area contributed by atoms with Crippen LogP contribution in [0.2, 0.25) is 0 Å². The summed E-state index contributed by atoms with van der Waals surface area (Å²) in [6, 6.07) is 11.3. The van der Waals surface area contributed by atoms with E-state index in [4.69, 9.17) is 4.74 Å². The number of benzene rings is 2. The summed E-state index contributed by atoms with van der Waals surface area (Å²) in [6.45, 7) is 0.826. The number of carbonyl (C=O) groups is 2. The normalized spacial score (nSPS) is 18.5. The van der Waals surface area contributed by atoms with E-state index in [1.54, 1.807) is 24.3 Å². The van der Waals surface area contributed by atoms with Crippen LogP contribution in [0.15, 0.2) is 54.1 Å². The smallest absolute Gasteiger partial charge is 0.295 e. The van der Waals surface area contributed by atoms with Crippen LogP contribution in [0.25, 0.3) is 5.76 Å². The molecule has 3 rings (SSSR count). The van der Waals surface area contributed by atoms with Crippen LogP contribution in [0.5, 0.6) is 5.75 Å². The first-order valence-electron chi connectivity index (χ1n) is 9.16. The van der Waals surface area contributed by atoms with E-state index in [0.717, 1.165) is 0 Å². The summed E-state index contributed by atoms with van der Waals surface area (Å²) in [6.07, 6.45) is 0. The van der Waals surface area contributed by atoms with Gasteiger partial charge in [0.25, 0.3) is 11.7 Å². The highest BCUT2D eigenvalue weighted by molar-refractivity contribution is 6.46. The number of hydrogen-bond donors (Lipinski definition) is 1. The maximum Gasteiger partial charge on any atom is 0.295 e. The summed E-state index contributed by atoms with van der Waals surface area (Å²) in [5.74, 6) is -1.53. The van der Waals surface area contributed by atoms with Gasteiger partial charge >= 0.3 is 0 Å². The van der Waals surface area contributed by atoms with E-state index < -0.39 is 23.5 Å². The van der Waals surface area contributed by atoms with Gasteiger partial charge in [-0.25, -0.2) is 4.39 Å². The molecule has 1 fully saturated rings. The number of likely N-dealkylation sites (N-methyl/N-ethyl adjacent to an activating group) is 1. The molecule has 0 bridgehead atoms. The van der Waals surface area contributed by atoms with Gasteiger partial charge in [-0.05, 0) is 56.1 Å². The summed E-state index contributed by atoms with van der Waals surface area (Å²) in [4.78, 5) is 28.9. The van der Waals surface area contributed by atoms with Crippen molar-refractivity contribution in [2.75, 3.05) is 34.3 Å². The topological polar surface area (TPSA) is 70.1 Å². The molecule has 0 aromatic heterocycles. The molecule has 1 atom stereocenters. The molecule has 1 heterocycles. The fourth-order valence-electron chi connectivity index (χ4n) is 3.31. The van der Waals surface area contributed by atoms with E-state index in [2.05, 4.69) is 0 Å². The molecular formula is C22H23FN2O4. The maximum atomic E-state index is 13.4. The molecule has 152 valence electrons. The van der Waals surface area contributed by atoms with Crippen molar-refractivity contribution in [2.24, 2.45) is 0 Å². The first-order valence-corrected chi connectivity index (χ1v) is 9.16. The van der Waals surface area contributed by atoms with Gasteiger partial charge in [0.15, 0.2) is 0 Å². The van der Waals surface area contributed by atoms with Gasteiger partial charge in [0.1, 0.15) is 17.3 Å². The Balaban J connectivity index is 2.11. The Bertz CT molecular complexity index is 936. The number of carbonyl (C=O) groups excluding carboxylic acids is 2. The SMILES string of the molecule is COc1ccc(/C(O)=C2/C(=O)C(=O)N(CCN(C)C)C2c2ccc(F)cc2)cc1. The van der Waals surface area contributed by atoms with E-state index in [1.807, 2.05) is 19.0 Å². The zero-order valence-electron chi connectivity index (χ0n) is 16.6. The quantitative estimate of drug-likeness (QED) is 0.460. The fraction of sp³-hybridized carbons (Fsp3) is 0.273. The van der Waals surface area contributed by atoms with Crippen LogP contribution in [0.4, 0.5) is 4.39 Å². The molecule has 0 radical (unpaired) electrons. The zero-order chi connectivity index (χ0) is 21.1. The molecular weight excluding hydrogens is 375 g/mol. The molecule has 2 aromatic rings. The molecule has 1 unspecified atom stereocenters. The number of Topliss-reactive ketones (excluding diaryl/α,β-unsaturated/α-hetero) is 1. The first kappa shape index (κ1) is 20.5. The number of amides is 1. The summed E-state index contributed by atoms with van der Waals surface area (Å²) in [5.41, 5.74) is 0.938. The lowest BCUT2D eigenvalue weighted by Gasteiger charge is -2.26. The molecule has 0 saturated carbocycles. The second-order valence-electron chi connectivity index (χ2n) is 7.08. The minimum Gasteiger partial charge on any atom is -0.507 e. The molecule has 0 aliphatic carbocycles. The lowest BCUT2D eigenvalue weighted by Crippen LogP contribution is -2.35. The second-order valence-corrected chi connectivity index (χ2v) is 7.08. The fourth-order valence-corrected chi connectivity index (χ4v) is 3.31. The van der Waals surface area contributed by atoms with E-state index in [1.165, 1.54) is 36.3 Å². The second kappa shape index (κ2) is 8.45. The molecule has 1 aliphatic heterocycles. The van der Waals surface area contributed by atoms with Crippen molar-refractivity contribution in [3.05, 3.63) is 71.0 Å². The largest absolute Gasteiger partial charge is 0.507 e. The number of likely N-dealkylation sites (tertiary alicyclic amines) is 1. The highest BCUT2D eigenvalue weighted by Gasteiger charge is 2.45. The van der Waals surface area contributed by atoms with E-state index in [-0.39, 0.29) is 11.3 Å². The Kier molecular flexibility index (Phi) is 5.98. The van der Waals surface area contributed by atoms with Gasteiger partial charge in [-0.15, -0.1) is 0 Å². The van der Waals surface area contributed by atoms with Gasteiger partial charge in [0.05, 0.1) is 18.7 Å². The van der Waals surface area contributed by atoms with Gasteiger partial charge in [0, 0.05) is 18.7 Å². The van der Waals surface area contributed by atoms with Crippen LogP contribution in [0.3, 0.4) is 0 Å². The van der Waals surface area contributed by atoms with E-state index in [0.29, 0.717) is 30.0 Å². The van der Waals surface area contributed by atoms with Crippen LogP contribution in [-0.2, 0) is 9.59 Å². The van der Waals surface area contributed by atoms with Crippen LogP contribution in [0, 0.1) is 5.82 Å². The monoisotopic (exact) mass is 398 g/mol. The molecule has 0 spiro atoms. The Morgan fingerprint density at radius 3 is 2.28 bits per heavy atom. The minimum absolute atomic E-state index is 0.00877. The molecule has 1 saturated heterocycles. The van der Waals surface area contributed by atoms with Crippen molar-refractivity contribution >= 4 is 17.4 Å². The average Bonchev–Trinajstić information content (AvgIpc) is 2.97. The third-order valence-electron chi connectivity index (χ3n) is 4.88. The highest BCUT2D eigenvalue weighted by Crippen LogP contribution is 2.39. The third kappa shape index (κ3) is 4.14. The van der Waals surface area contributed by atoms with Gasteiger partial charge in [-0.2, -0.15) is 0 Å². The van der Waals surface area contributed by atoms with Gasteiger partial charge in [-0.3, -0.25) is 9.59 Å². The summed E-state index contributed by atoms with van der Waals surface area (Å²) in [7, 11) is 5.25. The Labute approximate surface area is 168 Å². The van der Waals surface area contributed by atoms with Crippen LogP contribution < -0.4 is 4.74 Å². The van der Waals surface area contributed by atoms with Crippen LogP contribution in [-0.4, -0.2) is 60.9 Å². The maximum absolute atomic E-state index is 13.4. The third-order valence-corrected chi connectivity index (χ3v) is 4.88.